The highest BCUT2D eigenvalue weighted by Crippen LogP contribution is 2.41. The Bertz CT molecular complexity index is 1310. The topological polar surface area (TPSA) is 85.3 Å². The number of aryl methyl sites for hydroxylation is 1. The van der Waals surface area contributed by atoms with Crippen molar-refractivity contribution in [2.75, 3.05) is 13.9 Å². The molecule has 1 fully saturated rings. The molecule has 3 aromatic carbocycles. The SMILES string of the molecule is CCc1ccc(C2/C(=C(\O)c3ccc(OC)cc3)C(=O)C(=O)N2Cc2ccc3c(c2)OCO3)cc1. The number of rotatable bonds is 6. The number of carbonyl (C=O) groups is 2. The minimum Gasteiger partial charge on any atom is -0.507 e. The molecule has 178 valence electrons. The maximum absolute atomic E-state index is 13.3. The van der Waals surface area contributed by atoms with Crippen molar-refractivity contribution in [1.82, 2.24) is 4.90 Å². The number of Topliss-reactive ketones (excluding diaryl/α,β-unsaturated/α-hetero) is 1. The molecule has 0 aliphatic carbocycles. The Morgan fingerprint density at radius 1 is 0.971 bits per heavy atom. The van der Waals surface area contributed by atoms with Gasteiger partial charge in [-0.2, -0.15) is 0 Å². The van der Waals surface area contributed by atoms with Gasteiger partial charge in [-0.25, -0.2) is 0 Å². The molecule has 0 aromatic heterocycles. The first-order valence-corrected chi connectivity index (χ1v) is 11.4. The zero-order valence-electron chi connectivity index (χ0n) is 19.5. The lowest BCUT2D eigenvalue weighted by Gasteiger charge is -2.25. The number of nitrogens with zero attached hydrogens (tertiary/aromatic N) is 1. The average molecular weight is 472 g/mol. The summed E-state index contributed by atoms with van der Waals surface area (Å²) in [5.74, 6) is 0.259. The monoisotopic (exact) mass is 471 g/mol. The van der Waals surface area contributed by atoms with E-state index in [4.69, 9.17) is 14.2 Å². The van der Waals surface area contributed by atoms with Crippen molar-refractivity contribution in [2.45, 2.75) is 25.9 Å². The molecule has 35 heavy (non-hydrogen) atoms. The maximum Gasteiger partial charge on any atom is 0.295 e. The van der Waals surface area contributed by atoms with E-state index in [1.165, 1.54) is 4.90 Å². The molecule has 2 aliphatic rings. The molecule has 1 unspecified atom stereocenters. The number of hydrogen-bond acceptors (Lipinski definition) is 6. The highest BCUT2D eigenvalue weighted by atomic mass is 16.7. The number of fused-ring (bicyclic) bond motifs is 1. The Hall–Kier alpha value is -4.26. The van der Waals surface area contributed by atoms with Crippen molar-refractivity contribution in [3.05, 3.63) is 94.6 Å². The fraction of sp³-hybridized carbons (Fsp3) is 0.214. The molecular formula is C28H25NO6. The molecule has 0 spiro atoms. The van der Waals surface area contributed by atoms with Crippen LogP contribution in [0.3, 0.4) is 0 Å². The molecule has 7 nitrogen and oxygen atoms in total. The Morgan fingerprint density at radius 2 is 1.66 bits per heavy atom. The van der Waals surface area contributed by atoms with Crippen molar-refractivity contribution in [2.24, 2.45) is 0 Å². The number of ether oxygens (including phenoxy) is 3. The van der Waals surface area contributed by atoms with Crippen LogP contribution in [0.1, 0.15) is 35.2 Å². The standard InChI is InChI=1S/C28H25NO6/c1-3-17-4-7-19(8-5-17)25-24(26(30)20-9-11-21(33-2)12-10-20)27(31)28(32)29(25)15-18-6-13-22-23(14-18)35-16-34-22/h4-14,25,30H,3,15-16H2,1-2H3/b26-24+. The summed E-state index contributed by atoms with van der Waals surface area (Å²) in [6.45, 7) is 2.38. The summed E-state index contributed by atoms with van der Waals surface area (Å²) in [5.41, 5.74) is 3.16. The van der Waals surface area contributed by atoms with Crippen LogP contribution in [0.5, 0.6) is 17.2 Å². The van der Waals surface area contributed by atoms with Gasteiger partial charge in [-0.15, -0.1) is 0 Å². The number of aliphatic hydroxyl groups is 1. The Morgan fingerprint density at radius 3 is 2.34 bits per heavy atom. The van der Waals surface area contributed by atoms with Gasteiger partial charge in [0.15, 0.2) is 11.5 Å². The minimum absolute atomic E-state index is 0.0603. The number of methoxy groups -OCH3 is 1. The van der Waals surface area contributed by atoms with Gasteiger partial charge in [0.2, 0.25) is 6.79 Å². The number of amides is 1. The summed E-state index contributed by atoms with van der Waals surface area (Å²) in [5, 5.41) is 11.2. The Kier molecular flexibility index (Phi) is 5.91. The average Bonchev–Trinajstić information content (AvgIpc) is 3.46. The second-order valence-electron chi connectivity index (χ2n) is 8.44. The fourth-order valence-corrected chi connectivity index (χ4v) is 4.47. The zero-order valence-corrected chi connectivity index (χ0v) is 19.5. The van der Waals surface area contributed by atoms with Crippen LogP contribution >= 0.6 is 0 Å². The molecule has 1 amide bonds. The summed E-state index contributed by atoms with van der Waals surface area (Å²) in [4.78, 5) is 28.0. The van der Waals surface area contributed by atoms with E-state index >= 15 is 0 Å². The van der Waals surface area contributed by atoms with Gasteiger partial charge in [-0.05, 0) is 59.5 Å². The van der Waals surface area contributed by atoms with Crippen molar-refractivity contribution >= 4 is 17.4 Å². The molecular weight excluding hydrogens is 446 g/mol. The molecule has 1 atom stereocenters. The Balaban J connectivity index is 1.59. The third kappa shape index (κ3) is 4.10. The number of hydrogen-bond donors (Lipinski definition) is 1. The molecule has 1 saturated heterocycles. The van der Waals surface area contributed by atoms with Crippen LogP contribution in [-0.2, 0) is 22.6 Å². The molecule has 0 bridgehead atoms. The van der Waals surface area contributed by atoms with Gasteiger partial charge < -0.3 is 24.2 Å². The molecule has 7 heteroatoms. The molecule has 0 radical (unpaired) electrons. The van der Waals surface area contributed by atoms with Crippen molar-refractivity contribution in [3.8, 4) is 17.2 Å². The first kappa shape index (κ1) is 22.5. The summed E-state index contributed by atoms with van der Waals surface area (Å²) >= 11 is 0. The lowest BCUT2D eigenvalue weighted by Crippen LogP contribution is -2.29. The third-order valence-corrected chi connectivity index (χ3v) is 6.40. The molecule has 2 aliphatic heterocycles. The van der Waals surface area contributed by atoms with Crippen molar-refractivity contribution < 1.29 is 28.9 Å². The van der Waals surface area contributed by atoms with Crippen LogP contribution in [0.25, 0.3) is 5.76 Å². The number of aliphatic hydroxyl groups excluding tert-OH is 1. The van der Waals surface area contributed by atoms with E-state index in [-0.39, 0.29) is 24.7 Å². The van der Waals surface area contributed by atoms with Gasteiger partial charge in [0.05, 0.1) is 18.7 Å². The van der Waals surface area contributed by atoms with E-state index < -0.39 is 17.7 Å². The minimum atomic E-state index is -0.742. The van der Waals surface area contributed by atoms with Gasteiger partial charge in [0.25, 0.3) is 11.7 Å². The van der Waals surface area contributed by atoms with Crippen LogP contribution in [0.15, 0.2) is 72.3 Å². The number of benzene rings is 3. The number of carbonyl (C=O) groups excluding carboxylic acids is 2. The van der Waals surface area contributed by atoms with Crippen LogP contribution in [0.4, 0.5) is 0 Å². The fourth-order valence-electron chi connectivity index (χ4n) is 4.47. The summed E-state index contributed by atoms with van der Waals surface area (Å²) < 4.78 is 16.0. The van der Waals surface area contributed by atoms with Crippen LogP contribution in [0, 0.1) is 0 Å². The molecule has 1 N–H and O–H groups in total. The lowest BCUT2D eigenvalue weighted by molar-refractivity contribution is -0.140. The lowest BCUT2D eigenvalue weighted by atomic mass is 9.94. The van der Waals surface area contributed by atoms with E-state index in [9.17, 15) is 14.7 Å². The van der Waals surface area contributed by atoms with Gasteiger partial charge in [0.1, 0.15) is 11.5 Å². The van der Waals surface area contributed by atoms with Gasteiger partial charge in [0, 0.05) is 12.1 Å². The first-order valence-electron chi connectivity index (χ1n) is 11.4. The van der Waals surface area contributed by atoms with Crippen LogP contribution < -0.4 is 14.2 Å². The predicted octanol–water partition coefficient (Wildman–Crippen LogP) is 4.61. The first-order chi connectivity index (χ1) is 17.0. The van der Waals surface area contributed by atoms with Gasteiger partial charge >= 0.3 is 0 Å². The molecule has 0 saturated carbocycles. The molecule has 2 heterocycles. The van der Waals surface area contributed by atoms with E-state index in [1.807, 2.05) is 36.4 Å². The van der Waals surface area contributed by atoms with Crippen LogP contribution in [0.2, 0.25) is 0 Å². The number of likely N-dealkylation sites (tertiary alicyclic amines) is 1. The Labute approximate surface area is 203 Å². The third-order valence-electron chi connectivity index (χ3n) is 6.40. The number of ketones is 1. The largest absolute Gasteiger partial charge is 0.507 e. The summed E-state index contributed by atoms with van der Waals surface area (Å²) in [6, 6.07) is 19.2. The van der Waals surface area contributed by atoms with E-state index in [2.05, 4.69) is 6.92 Å². The summed E-state index contributed by atoms with van der Waals surface area (Å²) in [7, 11) is 1.55. The van der Waals surface area contributed by atoms with Crippen molar-refractivity contribution in [1.29, 1.82) is 0 Å². The van der Waals surface area contributed by atoms with E-state index in [0.717, 1.165) is 23.1 Å². The molecule has 3 aromatic rings. The summed E-state index contributed by atoms with van der Waals surface area (Å²) in [6.07, 6.45) is 0.865. The quantitative estimate of drug-likeness (QED) is 0.321. The normalized spacial score (nSPS) is 18.2. The highest BCUT2D eigenvalue weighted by molar-refractivity contribution is 6.46. The van der Waals surface area contributed by atoms with E-state index in [1.54, 1.807) is 37.4 Å². The zero-order chi connectivity index (χ0) is 24.5. The molecule has 5 rings (SSSR count). The predicted molar refractivity (Wildman–Crippen MR) is 129 cm³/mol. The van der Waals surface area contributed by atoms with Crippen LogP contribution in [-0.4, -0.2) is 35.6 Å². The van der Waals surface area contributed by atoms with Gasteiger partial charge in [-0.1, -0.05) is 37.3 Å². The maximum atomic E-state index is 13.3. The van der Waals surface area contributed by atoms with Crippen molar-refractivity contribution in [3.63, 3.8) is 0 Å². The second-order valence-corrected chi connectivity index (χ2v) is 8.44. The van der Waals surface area contributed by atoms with E-state index in [0.29, 0.717) is 22.8 Å². The van der Waals surface area contributed by atoms with Gasteiger partial charge in [-0.3, -0.25) is 9.59 Å². The second kappa shape index (κ2) is 9.18. The smallest absolute Gasteiger partial charge is 0.295 e. The highest BCUT2D eigenvalue weighted by Gasteiger charge is 2.46.